The van der Waals surface area contributed by atoms with Crippen LogP contribution in [0.5, 0.6) is 0 Å². The van der Waals surface area contributed by atoms with Crippen LogP contribution in [0.1, 0.15) is 18.5 Å². The largest absolute Gasteiger partial charge is 0.356 e. The Labute approximate surface area is 153 Å². The van der Waals surface area contributed by atoms with Crippen LogP contribution in [0.3, 0.4) is 0 Å². The SMILES string of the molecule is O=C(Nc1nncs1)[C@H]1CCCN(C(=O)Cc2noc3ccccc23)C1. The molecule has 134 valence electrons. The monoisotopic (exact) mass is 371 g/mol. The predicted molar refractivity (Wildman–Crippen MR) is 95.6 cm³/mol. The lowest BCUT2D eigenvalue weighted by atomic mass is 9.96. The number of hydrogen-bond acceptors (Lipinski definition) is 7. The van der Waals surface area contributed by atoms with Crippen molar-refractivity contribution in [2.75, 3.05) is 18.4 Å². The predicted octanol–water partition coefficient (Wildman–Crippen LogP) is 2.10. The van der Waals surface area contributed by atoms with Gasteiger partial charge in [0.05, 0.1) is 12.3 Å². The van der Waals surface area contributed by atoms with E-state index in [1.807, 2.05) is 24.3 Å². The summed E-state index contributed by atoms with van der Waals surface area (Å²) in [5.41, 5.74) is 2.86. The Balaban J connectivity index is 1.40. The highest BCUT2D eigenvalue weighted by molar-refractivity contribution is 7.13. The molecule has 0 bridgehead atoms. The van der Waals surface area contributed by atoms with Gasteiger partial charge in [0.1, 0.15) is 11.2 Å². The van der Waals surface area contributed by atoms with Crippen LogP contribution in [0, 0.1) is 5.92 Å². The van der Waals surface area contributed by atoms with E-state index in [2.05, 4.69) is 20.7 Å². The van der Waals surface area contributed by atoms with E-state index < -0.39 is 0 Å². The number of fused-ring (bicyclic) bond motifs is 1. The van der Waals surface area contributed by atoms with Gasteiger partial charge >= 0.3 is 0 Å². The number of benzene rings is 1. The van der Waals surface area contributed by atoms with E-state index in [4.69, 9.17) is 4.52 Å². The molecule has 1 aromatic carbocycles. The molecule has 0 aliphatic carbocycles. The summed E-state index contributed by atoms with van der Waals surface area (Å²) < 4.78 is 5.26. The number of para-hydroxylation sites is 1. The molecule has 1 aliphatic heterocycles. The number of rotatable bonds is 4. The summed E-state index contributed by atoms with van der Waals surface area (Å²) in [6, 6.07) is 7.47. The molecule has 0 radical (unpaired) electrons. The molecule has 4 rings (SSSR count). The average Bonchev–Trinajstić information content (AvgIpc) is 3.32. The van der Waals surface area contributed by atoms with Gasteiger partial charge < -0.3 is 14.7 Å². The summed E-state index contributed by atoms with van der Waals surface area (Å²) in [5.74, 6) is -0.408. The van der Waals surface area contributed by atoms with Crippen molar-refractivity contribution < 1.29 is 14.1 Å². The molecule has 1 fully saturated rings. The number of nitrogens with one attached hydrogen (secondary N) is 1. The summed E-state index contributed by atoms with van der Waals surface area (Å²) in [7, 11) is 0. The number of anilines is 1. The Bertz CT molecular complexity index is 924. The van der Waals surface area contributed by atoms with E-state index in [0.29, 0.717) is 29.5 Å². The van der Waals surface area contributed by atoms with Gasteiger partial charge in [-0.2, -0.15) is 0 Å². The molecule has 26 heavy (non-hydrogen) atoms. The average molecular weight is 371 g/mol. The van der Waals surface area contributed by atoms with Crippen molar-refractivity contribution in [3.8, 4) is 0 Å². The molecule has 2 amide bonds. The van der Waals surface area contributed by atoms with Gasteiger partial charge in [0, 0.05) is 18.5 Å². The van der Waals surface area contributed by atoms with Gasteiger partial charge in [-0.1, -0.05) is 28.6 Å². The first-order chi connectivity index (χ1) is 12.7. The van der Waals surface area contributed by atoms with E-state index in [1.54, 1.807) is 10.4 Å². The Morgan fingerprint density at radius 1 is 1.35 bits per heavy atom. The van der Waals surface area contributed by atoms with Crippen molar-refractivity contribution in [3.05, 3.63) is 35.5 Å². The fraction of sp³-hybridized carbons (Fsp3) is 0.353. The lowest BCUT2D eigenvalue weighted by molar-refractivity contribution is -0.134. The van der Waals surface area contributed by atoms with Crippen LogP contribution in [0.4, 0.5) is 5.13 Å². The molecule has 2 aromatic heterocycles. The minimum atomic E-state index is -0.245. The Morgan fingerprint density at radius 2 is 2.23 bits per heavy atom. The van der Waals surface area contributed by atoms with Gasteiger partial charge in [0.15, 0.2) is 5.58 Å². The molecule has 9 heteroatoms. The number of amides is 2. The number of carbonyl (C=O) groups excluding carboxylic acids is 2. The number of likely N-dealkylation sites (tertiary alicyclic amines) is 1. The highest BCUT2D eigenvalue weighted by Gasteiger charge is 2.29. The van der Waals surface area contributed by atoms with Crippen LogP contribution in [-0.2, 0) is 16.0 Å². The zero-order valence-corrected chi connectivity index (χ0v) is 14.7. The fourth-order valence-corrected chi connectivity index (χ4v) is 3.62. The zero-order valence-electron chi connectivity index (χ0n) is 13.9. The van der Waals surface area contributed by atoms with Crippen LogP contribution >= 0.6 is 11.3 Å². The van der Waals surface area contributed by atoms with Gasteiger partial charge in [0.2, 0.25) is 16.9 Å². The lowest BCUT2D eigenvalue weighted by Crippen LogP contribution is -2.44. The molecular formula is C17H17N5O3S. The molecule has 8 nitrogen and oxygen atoms in total. The molecule has 1 saturated heterocycles. The number of carbonyl (C=O) groups is 2. The molecule has 0 saturated carbocycles. The normalized spacial score (nSPS) is 17.4. The van der Waals surface area contributed by atoms with E-state index in [-0.39, 0.29) is 24.2 Å². The van der Waals surface area contributed by atoms with Crippen LogP contribution in [-0.4, -0.2) is 45.2 Å². The second-order valence-corrected chi connectivity index (χ2v) is 7.05. The molecule has 1 N–H and O–H groups in total. The zero-order chi connectivity index (χ0) is 17.9. The van der Waals surface area contributed by atoms with Gasteiger partial charge in [-0.15, -0.1) is 10.2 Å². The summed E-state index contributed by atoms with van der Waals surface area (Å²) in [6.07, 6.45) is 1.71. The van der Waals surface area contributed by atoms with Crippen LogP contribution < -0.4 is 5.32 Å². The Morgan fingerprint density at radius 3 is 3.08 bits per heavy atom. The third kappa shape index (κ3) is 3.43. The van der Waals surface area contributed by atoms with Crippen LogP contribution in [0.25, 0.3) is 11.0 Å². The standard InChI is InChI=1S/C17H17N5O3S/c23-15(8-13-12-5-1-2-6-14(12)25-21-13)22-7-3-4-11(9-22)16(24)19-17-20-18-10-26-17/h1-2,5-6,10-11H,3-4,7-9H2,(H,19,20,24)/t11-/m0/s1. The third-order valence-corrected chi connectivity index (χ3v) is 5.11. The van der Waals surface area contributed by atoms with E-state index in [1.165, 1.54) is 11.3 Å². The minimum absolute atomic E-state index is 0.0440. The van der Waals surface area contributed by atoms with Crippen molar-refractivity contribution in [2.45, 2.75) is 19.3 Å². The first kappa shape index (κ1) is 16.6. The summed E-state index contributed by atoms with van der Waals surface area (Å²) in [5, 5.41) is 15.6. The third-order valence-electron chi connectivity index (χ3n) is 4.51. The number of piperidine rings is 1. The van der Waals surface area contributed by atoms with Crippen molar-refractivity contribution in [2.24, 2.45) is 5.92 Å². The summed E-state index contributed by atoms with van der Waals surface area (Å²) >= 11 is 1.27. The number of aromatic nitrogens is 3. The van der Waals surface area contributed by atoms with Crippen LogP contribution in [0.2, 0.25) is 0 Å². The molecule has 0 spiro atoms. The maximum absolute atomic E-state index is 12.7. The van der Waals surface area contributed by atoms with E-state index in [0.717, 1.165) is 18.2 Å². The van der Waals surface area contributed by atoms with Crippen molar-refractivity contribution in [1.29, 1.82) is 0 Å². The molecule has 1 aliphatic rings. The topological polar surface area (TPSA) is 101 Å². The molecule has 3 heterocycles. The minimum Gasteiger partial charge on any atom is -0.356 e. The fourth-order valence-electron chi connectivity index (χ4n) is 3.17. The van der Waals surface area contributed by atoms with Crippen LogP contribution in [0.15, 0.2) is 34.3 Å². The molecular weight excluding hydrogens is 354 g/mol. The van der Waals surface area contributed by atoms with Crippen molar-refractivity contribution >= 4 is 39.3 Å². The Kier molecular flexibility index (Phi) is 4.61. The number of nitrogens with zero attached hydrogens (tertiary/aromatic N) is 4. The molecule has 0 unspecified atom stereocenters. The van der Waals surface area contributed by atoms with Gasteiger partial charge in [-0.3, -0.25) is 9.59 Å². The van der Waals surface area contributed by atoms with Gasteiger partial charge in [-0.05, 0) is 25.0 Å². The second-order valence-electron chi connectivity index (χ2n) is 6.21. The molecule has 1 atom stereocenters. The second kappa shape index (κ2) is 7.20. The smallest absolute Gasteiger partial charge is 0.231 e. The quantitative estimate of drug-likeness (QED) is 0.754. The number of hydrogen-bond donors (Lipinski definition) is 1. The van der Waals surface area contributed by atoms with Crippen molar-refractivity contribution in [3.63, 3.8) is 0 Å². The van der Waals surface area contributed by atoms with Crippen molar-refractivity contribution in [1.82, 2.24) is 20.3 Å². The summed E-state index contributed by atoms with van der Waals surface area (Å²) in [4.78, 5) is 26.8. The van der Waals surface area contributed by atoms with Gasteiger partial charge in [-0.25, -0.2) is 0 Å². The summed E-state index contributed by atoms with van der Waals surface area (Å²) in [6.45, 7) is 1.05. The maximum atomic E-state index is 12.7. The Hall–Kier alpha value is -2.81. The lowest BCUT2D eigenvalue weighted by Gasteiger charge is -2.31. The van der Waals surface area contributed by atoms with Gasteiger partial charge in [0.25, 0.3) is 0 Å². The first-order valence-corrected chi connectivity index (χ1v) is 9.27. The highest BCUT2D eigenvalue weighted by atomic mass is 32.1. The maximum Gasteiger partial charge on any atom is 0.231 e. The molecule has 3 aromatic rings. The van der Waals surface area contributed by atoms with E-state index in [9.17, 15) is 9.59 Å². The van der Waals surface area contributed by atoms with E-state index >= 15 is 0 Å². The first-order valence-electron chi connectivity index (χ1n) is 8.39. The highest BCUT2D eigenvalue weighted by Crippen LogP contribution is 2.22.